The standard InChI is InChI=1S/C18H15FN4O2/c1-11-8-13(19)5-6-15(11)23-10-12(9-16(23)24)18-21-17(22-25-18)14-4-2-3-7-20-14/h2-8,12H,9-10H2,1H3. The van der Waals surface area contributed by atoms with Crippen molar-refractivity contribution in [2.75, 3.05) is 11.4 Å². The molecule has 3 heterocycles. The topological polar surface area (TPSA) is 72.1 Å². The number of aryl methyl sites for hydroxylation is 1. The van der Waals surface area contributed by atoms with E-state index in [9.17, 15) is 9.18 Å². The van der Waals surface area contributed by atoms with Crippen molar-refractivity contribution in [3.63, 3.8) is 0 Å². The van der Waals surface area contributed by atoms with E-state index in [2.05, 4.69) is 15.1 Å². The van der Waals surface area contributed by atoms with Gasteiger partial charge in [0, 0.05) is 24.8 Å². The molecule has 25 heavy (non-hydrogen) atoms. The first-order valence-electron chi connectivity index (χ1n) is 7.93. The first-order chi connectivity index (χ1) is 12.1. The van der Waals surface area contributed by atoms with Crippen molar-refractivity contribution < 1.29 is 13.7 Å². The van der Waals surface area contributed by atoms with Crippen molar-refractivity contribution in [2.24, 2.45) is 0 Å². The van der Waals surface area contributed by atoms with Gasteiger partial charge in [-0.2, -0.15) is 4.98 Å². The van der Waals surface area contributed by atoms with Gasteiger partial charge in [0.15, 0.2) is 0 Å². The first kappa shape index (κ1) is 15.4. The third-order valence-electron chi connectivity index (χ3n) is 4.26. The predicted octanol–water partition coefficient (Wildman–Crippen LogP) is 3.10. The van der Waals surface area contributed by atoms with Gasteiger partial charge in [-0.25, -0.2) is 4.39 Å². The molecule has 4 rings (SSSR count). The third-order valence-corrected chi connectivity index (χ3v) is 4.26. The van der Waals surface area contributed by atoms with Crippen LogP contribution >= 0.6 is 0 Å². The second-order valence-corrected chi connectivity index (χ2v) is 6.01. The average molecular weight is 338 g/mol. The minimum atomic E-state index is -0.318. The highest BCUT2D eigenvalue weighted by Crippen LogP contribution is 2.33. The van der Waals surface area contributed by atoms with Crippen LogP contribution in [0.15, 0.2) is 47.1 Å². The number of nitrogens with zero attached hydrogens (tertiary/aromatic N) is 4. The molecule has 0 N–H and O–H groups in total. The van der Waals surface area contributed by atoms with Crippen LogP contribution in [-0.4, -0.2) is 27.6 Å². The quantitative estimate of drug-likeness (QED) is 0.734. The zero-order chi connectivity index (χ0) is 17.4. The van der Waals surface area contributed by atoms with Crippen LogP contribution in [0.2, 0.25) is 0 Å². The molecule has 1 unspecified atom stereocenters. The van der Waals surface area contributed by atoms with E-state index in [1.165, 1.54) is 12.1 Å². The Balaban J connectivity index is 1.57. The number of aromatic nitrogens is 3. The number of halogens is 1. The number of carbonyl (C=O) groups is 1. The number of rotatable bonds is 3. The summed E-state index contributed by atoms with van der Waals surface area (Å²) in [5.74, 6) is 0.260. The summed E-state index contributed by atoms with van der Waals surface area (Å²) < 4.78 is 18.6. The van der Waals surface area contributed by atoms with E-state index in [0.717, 1.165) is 0 Å². The molecule has 0 aliphatic carbocycles. The van der Waals surface area contributed by atoms with Gasteiger partial charge in [0.25, 0.3) is 0 Å². The van der Waals surface area contributed by atoms with Crippen LogP contribution in [0.4, 0.5) is 10.1 Å². The second-order valence-electron chi connectivity index (χ2n) is 6.01. The van der Waals surface area contributed by atoms with Crippen LogP contribution in [0.3, 0.4) is 0 Å². The fourth-order valence-electron chi connectivity index (χ4n) is 3.03. The number of carbonyl (C=O) groups excluding carboxylic acids is 1. The van der Waals surface area contributed by atoms with Gasteiger partial charge in [0.05, 0.1) is 5.92 Å². The molecule has 0 radical (unpaired) electrons. The highest BCUT2D eigenvalue weighted by atomic mass is 19.1. The van der Waals surface area contributed by atoms with Crippen molar-refractivity contribution in [3.8, 4) is 11.5 Å². The summed E-state index contributed by atoms with van der Waals surface area (Å²) in [6, 6.07) is 9.84. The van der Waals surface area contributed by atoms with Crippen molar-refractivity contribution in [1.82, 2.24) is 15.1 Å². The lowest BCUT2D eigenvalue weighted by Crippen LogP contribution is -2.25. The zero-order valence-electron chi connectivity index (χ0n) is 13.5. The van der Waals surface area contributed by atoms with Gasteiger partial charge >= 0.3 is 0 Å². The number of amides is 1. The van der Waals surface area contributed by atoms with E-state index in [0.29, 0.717) is 35.2 Å². The summed E-state index contributed by atoms with van der Waals surface area (Å²) in [5, 5.41) is 3.95. The number of hydrogen-bond donors (Lipinski definition) is 0. The van der Waals surface area contributed by atoms with Gasteiger partial charge in [-0.05, 0) is 42.8 Å². The monoisotopic (exact) mass is 338 g/mol. The highest BCUT2D eigenvalue weighted by molar-refractivity contribution is 5.97. The van der Waals surface area contributed by atoms with Crippen LogP contribution in [-0.2, 0) is 4.79 Å². The summed E-state index contributed by atoms with van der Waals surface area (Å²) in [6.07, 6.45) is 1.93. The number of anilines is 1. The Kier molecular flexibility index (Phi) is 3.76. The number of hydrogen-bond acceptors (Lipinski definition) is 5. The van der Waals surface area contributed by atoms with Gasteiger partial charge in [-0.3, -0.25) is 9.78 Å². The average Bonchev–Trinajstić information content (AvgIpc) is 3.23. The van der Waals surface area contributed by atoms with E-state index in [-0.39, 0.29) is 24.1 Å². The van der Waals surface area contributed by atoms with Crippen LogP contribution in [0.5, 0.6) is 0 Å². The predicted molar refractivity (Wildman–Crippen MR) is 88.4 cm³/mol. The molecule has 0 spiro atoms. The van der Waals surface area contributed by atoms with Gasteiger partial charge in [0.2, 0.25) is 17.6 Å². The summed E-state index contributed by atoms with van der Waals surface area (Å²) in [6.45, 7) is 2.21. The highest BCUT2D eigenvalue weighted by Gasteiger charge is 2.35. The molecule has 1 saturated heterocycles. The van der Waals surface area contributed by atoms with Crippen molar-refractivity contribution in [2.45, 2.75) is 19.3 Å². The van der Waals surface area contributed by atoms with Gasteiger partial charge in [0.1, 0.15) is 11.5 Å². The van der Waals surface area contributed by atoms with E-state index >= 15 is 0 Å². The summed E-state index contributed by atoms with van der Waals surface area (Å²) in [7, 11) is 0. The molecule has 1 aromatic carbocycles. The van der Waals surface area contributed by atoms with E-state index in [1.807, 2.05) is 12.1 Å². The fraction of sp³-hybridized carbons (Fsp3) is 0.222. The largest absolute Gasteiger partial charge is 0.339 e. The molecule has 6 nitrogen and oxygen atoms in total. The molecule has 1 aliphatic heterocycles. The molecule has 0 saturated carbocycles. The number of benzene rings is 1. The molecule has 126 valence electrons. The minimum Gasteiger partial charge on any atom is -0.339 e. The Morgan fingerprint density at radius 2 is 2.16 bits per heavy atom. The van der Waals surface area contributed by atoms with Crippen LogP contribution < -0.4 is 4.90 Å². The maximum absolute atomic E-state index is 13.3. The third kappa shape index (κ3) is 2.88. The van der Waals surface area contributed by atoms with Gasteiger partial charge < -0.3 is 9.42 Å². The summed E-state index contributed by atoms with van der Waals surface area (Å²) in [4.78, 5) is 22.6. The second kappa shape index (κ2) is 6.08. The van der Waals surface area contributed by atoms with Crippen LogP contribution in [0.1, 0.15) is 23.8 Å². The molecular weight excluding hydrogens is 323 g/mol. The summed E-state index contributed by atoms with van der Waals surface area (Å²) in [5.41, 5.74) is 2.04. The number of pyridine rings is 1. The molecule has 1 amide bonds. The molecule has 3 aromatic rings. The zero-order valence-corrected chi connectivity index (χ0v) is 13.5. The Bertz CT molecular complexity index is 926. The maximum Gasteiger partial charge on any atom is 0.232 e. The van der Waals surface area contributed by atoms with Crippen molar-refractivity contribution in [1.29, 1.82) is 0 Å². The first-order valence-corrected chi connectivity index (χ1v) is 7.93. The molecule has 7 heteroatoms. The molecular formula is C18H15FN4O2. The molecule has 0 bridgehead atoms. The van der Waals surface area contributed by atoms with Crippen LogP contribution in [0, 0.1) is 12.7 Å². The van der Waals surface area contributed by atoms with Gasteiger partial charge in [-0.1, -0.05) is 11.2 Å². The summed E-state index contributed by atoms with van der Waals surface area (Å²) >= 11 is 0. The normalized spacial score (nSPS) is 17.3. The smallest absolute Gasteiger partial charge is 0.232 e. The Morgan fingerprint density at radius 1 is 1.28 bits per heavy atom. The fourth-order valence-corrected chi connectivity index (χ4v) is 3.03. The van der Waals surface area contributed by atoms with Crippen molar-refractivity contribution in [3.05, 3.63) is 59.9 Å². The van der Waals surface area contributed by atoms with Gasteiger partial charge in [-0.15, -0.1) is 0 Å². The molecule has 1 atom stereocenters. The Hall–Kier alpha value is -3.09. The molecule has 1 fully saturated rings. The lowest BCUT2D eigenvalue weighted by Gasteiger charge is -2.18. The molecule has 2 aromatic heterocycles. The van der Waals surface area contributed by atoms with Crippen LogP contribution in [0.25, 0.3) is 11.5 Å². The lowest BCUT2D eigenvalue weighted by atomic mass is 10.1. The SMILES string of the molecule is Cc1cc(F)ccc1N1CC(c2nc(-c3ccccn3)no2)CC1=O. The Labute approximate surface area is 143 Å². The van der Waals surface area contributed by atoms with E-state index in [1.54, 1.807) is 30.2 Å². The minimum absolute atomic E-state index is 0.0442. The lowest BCUT2D eigenvalue weighted by molar-refractivity contribution is -0.117. The van der Waals surface area contributed by atoms with E-state index < -0.39 is 0 Å². The maximum atomic E-state index is 13.3. The molecule has 1 aliphatic rings. The Morgan fingerprint density at radius 3 is 2.92 bits per heavy atom. The van der Waals surface area contributed by atoms with Crippen molar-refractivity contribution >= 4 is 11.6 Å². The van der Waals surface area contributed by atoms with E-state index in [4.69, 9.17) is 4.52 Å².